The third-order valence-corrected chi connectivity index (χ3v) is 4.51. The fourth-order valence-corrected chi connectivity index (χ4v) is 2.81. The van der Waals surface area contributed by atoms with Crippen LogP contribution in [0.4, 0.5) is 0 Å². The van der Waals surface area contributed by atoms with Crippen LogP contribution >= 0.6 is 0 Å². The van der Waals surface area contributed by atoms with Crippen LogP contribution in [-0.4, -0.2) is 47.2 Å². The number of rotatable bonds is 6. The maximum atomic E-state index is 12.9. The number of hydrogen-bond acceptors (Lipinski definition) is 4. The number of amides is 2. The summed E-state index contributed by atoms with van der Waals surface area (Å²) in [5, 5.41) is 12.6. The molecule has 0 unspecified atom stereocenters. The molecule has 2 N–H and O–H groups in total. The lowest BCUT2D eigenvalue weighted by Crippen LogP contribution is -2.43. The summed E-state index contributed by atoms with van der Waals surface area (Å²) in [6.07, 6.45) is -2.63. The first-order chi connectivity index (χ1) is 13.3. The lowest BCUT2D eigenvalue weighted by atomic mass is 9.94. The number of carbonyl (C=O) groups excluding carboxylic acids is 3. The average molecular weight is 363 g/mol. The minimum Gasteiger partial charge on any atom is -0.385 e. The number of nitrogens with zero attached hydrogens (tertiary/aromatic N) is 1. The third-order valence-electron chi connectivity index (χ3n) is 4.51. The van der Waals surface area contributed by atoms with Crippen LogP contribution in [0.2, 0.25) is 0 Å². The summed E-state index contributed by atoms with van der Waals surface area (Å²) in [5.74, 6) is -3.44. The zero-order valence-electron chi connectivity index (χ0n) is 18.6. The number of fused-ring (bicyclic) bond motifs is 1. The molecule has 142 valence electrons. The van der Waals surface area contributed by atoms with Crippen molar-refractivity contribution >= 4 is 17.6 Å². The number of Topliss-reactive ketones (excluding diaryl/α,β-unsaturated/α-hetero) is 1. The number of nitrogens with one attached hydrogen (secondary N) is 1. The van der Waals surface area contributed by atoms with Crippen molar-refractivity contribution in [3.8, 4) is 0 Å². The molecule has 0 aliphatic carbocycles. The summed E-state index contributed by atoms with van der Waals surface area (Å²) in [7, 11) is 1.35. The summed E-state index contributed by atoms with van der Waals surface area (Å²) in [4.78, 5) is 38.8. The maximum absolute atomic E-state index is 12.9. The second-order valence-electron chi connectivity index (χ2n) is 6.94. The lowest BCUT2D eigenvalue weighted by Gasteiger charge is -2.24. The molecule has 0 bridgehead atoms. The topological polar surface area (TPSA) is 86.7 Å². The molecule has 0 saturated heterocycles. The van der Waals surface area contributed by atoms with Gasteiger partial charge >= 0.3 is 0 Å². The number of carbonyl (C=O) groups is 3. The van der Waals surface area contributed by atoms with E-state index in [2.05, 4.69) is 5.32 Å². The summed E-state index contributed by atoms with van der Waals surface area (Å²) in [6.45, 7) is 2.66. The first-order valence-electron chi connectivity index (χ1n) is 10.2. The fraction of sp³-hybridized carbons (Fsp3) is 0.550. The zero-order chi connectivity index (χ0) is 22.1. The molecule has 0 fully saturated rings. The summed E-state index contributed by atoms with van der Waals surface area (Å²) in [6, 6.07) is 5.76. The van der Waals surface area contributed by atoms with Gasteiger partial charge in [-0.3, -0.25) is 14.4 Å². The van der Waals surface area contributed by atoms with Crippen molar-refractivity contribution in [2.75, 3.05) is 13.5 Å². The van der Waals surface area contributed by atoms with Crippen LogP contribution in [0.15, 0.2) is 24.3 Å². The molecular formula is C20H28N2O4. The van der Waals surface area contributed by atoms with Crippen LogP contribution in [0.25, 0.3) is 0 Å². The molecule has 6 heteroatoms. The van der Waals surface area contributed by atoms with Gasteiger partial charge in [-0.1, -0.05) is 45.0 Å². The van der Waals surface area contributed by atoms with Gasteiger partial charge in [0.1, 0.15) is 12.1 Å². The minimum atomic E-state index is -2.28. The van der Waals surface area contributed by atoms with Gasteiger partial charge in [-0.15, -0.1) is 0 Å². The molecule has 0 saturated carbocycles. The molecule has 1 aliphatic heterocycles. The molecule has 0 spiro atoms. The Morgan fingerprint density at radius 2 is 2.04 bits per heavy atom. The van der Waals surface area contributed by atoms with Gasteiger partial charge in [0, 0.05) is 28.6 Å². The predicted octanol–water partition coefficient (Wildman–Crippen LogP) is 1.47. The van der Waals surface area contributed by atoms with Gasteiger partial charge in [-0.2, -0.15) is 0 Å². The minimum absolute atomic E-state index is 0.00785. The van der Waals surface area contributed by atoms with E-state index < -0.39 is 48.1 Å². The standard InChI is InChI=1S/C20H28N2O4/c1-12(2)18(24)16(23)11-13(3)19(25)21-17-15-8-6-5-7-14(15)9-10-22(4)20(17)26/h5-8,12-13,17-18,24H,9-11H2,1-4H3,(H,21,25)/t13-,17+,18+/m1/s1/i10D2,18D. The van der Waals surface area contributed by atoms with Crippen LogP contribution in [0.5, 0.6) is 0 Å². The number of aliphatic hydroxyl groups is 1. The molecule has 0 radical (unpaired) electrons. The van der Waals surface area contributed by atoms with E-state index in [-0.39, 0.29) is 12.8 Å². The second kappa shape index (κ2) is 8.45. The molecule has 1 aliphatic rings. The van der Waals surface area contributed by atoms with E-state index in [0.29, 0.717) is 11.1 Å². The summed E-state index contributed by atoms with van der Waals surface area (Å²) in [5.41, 5.74) is 1.13. The average Bonchev–Trinajstić information content (AvgIpc) is 2.70. The molecule has 1 aromatic carbocycles. The molecule has 3 atom stereocenters. The quantitative estimate of drug-likeness (QED) is 0.801. The largest absolute Gasteiger partial charge is 0.385 e. The van der Waals surface area contributed by atoms with Gasteiger partial charge in [0.2, 0.25) is 11.8 Å². The smallest absolute Gasteiger partial charge is 0.249 e. The first kappa shape index (κ1) is 16.0. The van der Waals surface area contributed by atoms with Crippen LogP contribution in [-0.2, 0) is 20.8 Å². The molecule has 0 aromatic heterocycles. The van der Waals surface area contributed by atoms with Crippen molar-refractivity contribution < 1.29 is 23.6 Å². The van der Waals surface area contributed by atoms with E-state index in [1.807, 2.05) is 0 Å². The number of aryl methyl sites for hydroxylation is 1. The van der Waals surface area contributed by atoms with Gasteiger partial charge in [-0.25, -0.2) is 0 Å². The highest BCUT2D eigenvalue weighted by Gasteiger charge is 2.32. The van der Waals surface area contributed by atoms with E-state index in [1.54, 1.807) is 38.1 Å². The van der Waals surface area contributed by atoms with Crippen LogP contribution in [0.3, 0.4) is 0 Å². The predicted molar refractivity (Wildman–Crippen MR) is 98.3 cm³/mol. The van der Waals surface area contributed by atoms with E-state index in [4.69, 9.17) is 4.11 Å². The number of hydrogen-bond donors (Lipinski definition) is 2. The Labute approximate surface area is 158 Å². The highest BCUT2D eigenvalue weighted by Crippen LogP contribution is 2.25. The monoisotopic (exact) mass is 363 g/mol. The molecule has 1 aromatic rings. The second-order valence-corrected chi connectivity index (χ2v) is 6.94. The summed E-state index contributed by atoms with van der Waals surface area (Å²) < 4.78 is 24.1. The van der Waals surface area contributed by atoms with Crippen LogP contribution < -0.4 is 5.32 Å². The Bertz CT molecular complexity index is 811. The molecule has 2 rings (SSSR count). The Morgan fingerprint density at radius 3 is 2.69 bits per heavy atom. The van der Waals surface area contributed by atoms with E-state index >= 15 is 0 Å². The zero-order valence-corrected chi connectivity index (χ0v) is 15.6. The van der Waals surface area contributed by atoms with Crippen molar-refractivity contribution in [1.29, 1.82) is 0 Å². The van der Waals surface area contributed by atoms with Gasteiger partial charge < -0.3 is 15.3 Å². The van der Waals surface area contributed by atoms with Gasteiger partial charge in [-0.05, 0) is 23.5 Å². The number of benzene rings is 1. The molecule has 1 heterocycles. The summed E-state index contributed by atoms with van der Waals surface area (Å²) >= 11 is 0. The Hall–Kier alpha value is -2.21. The Morgan fingerprint density at radius 1 is 1.38 bits per heavy atom. The third kappa shape index (κ3) is 4.49. The highest BCUT2D eigenvalue weighted by atomic mass is 16.3. The van der Waals surface area contributed by atoms with Gasteiger partial charge in [0.15, 0.2) is 5.78 Å². The van der Waals surface area contributed by atoms with Gasteiger partial charge in [0.05, 0.1) is 1.37 Å². The molecular weight excluding hydrogens is 332 g/mol. The normalized spacial score (nSPS) is 24.4. The van der Waals surface area contributed by atoms with Crippen LogP contribution in [0.1, 0.15) is 48.5 Å². The van der Waals surface area contributed by atoms with Crippen LogP contribution in [0, 0.1) is 11.8 Å². The van der Waals surface area contributed by atoms with Crippen molar-refractivity contribution in [1.82, 2.24) is 10.2 Å². The highest BCUT2D eigenvalue weighted by molar-refractivity contribution is 5.92. The molecule has 2 amide bonds. The fourth-order valence-electron chi connectivity index (χ4n) is 2.81. The van der Waals surface area contributed by atoms with E-state index in [0.717, 1.165) is 4.90 Å². The van der Waals surface area contributed by atoms with Crippen molar-refractivity contribution in [3.63, 3.8) is 0 Å². The van der Waals surface area contributed by atoms with Crippen molar-refractivity contribution in [3.05, 3.63) is 35.4 Å². The van der Waals surface area contributed by atoms with E-state index in [1.165, 1.54) is 14.0 Å². The van der Waals surface area contributed by atoms with Gasteiger partial charge in [0.25, 0.3) is 0 Å². The lowest BCUT2D eigenvalue weighted by molar-refractivity contribution is -0.137. The Kier molecular flexibility index (Phi) is 5.20. The molecule has 26 heavy (non-hydrogen) atoms. The molecule has 6 nitrogen and oxygen atoms in total. The van der Waals surface area contributed by atoms with Crippen molar-refractivity contribution in [2.45, 2.75) is 45.7 Å². The number of likely N-dealkylation sites (N-methyl/N-ethyl adjacent to an activating group) is 1. The SMILES string of the molecule is [2H]C1([2H])Cc2ccccc2[C@H](NC(=O)[C@H](C)CC(=O)[C@@]([2H])(O)C(C)C)C(=O)N1C. The first-order valence-corrected chi connectivity index (χ1v) is 8.70. The Balaban J connectivity index is 2.24. The number of ketones is 1. The van der Waals surface area contributed by atoms with Crippen molar-refractivity contribution in [2.24, 2.45) is 11.8 Å². The maximum Gasteiger partial charge on any atom is 0.249 e. The van der Waals surface area contributed by atoms with E-state index in [9.17, 15) is 19.5 Å².